The SMILES string of the molecule is COP(=O)(CC(=O)CO[Si](C)(C)C(C)(C)C)OC. The van der Waals surface area contributed by atoms with Crippen molar-refractivity contribution in [3.63, 3.8) is 0 Å². The molecule has 0 spiro atoms. The summed E-state index contributed by atoms with van der Waals surface area (Å²) >= 11 is 0. The van der Waals surface area contributed by atoms with Crippen LogP contribution in [0.3, 0.4) is 0 Å². The molecule has 0 saturated heterocycles. The molecule has 0 heterocycles. The van der Waals surface area contributed by atoms with Crippen molar-refractivity contribution in [1.82, 2.24) is 0 Å². The van der Waals surface area contributed by atoms with E-state index < -0.39 is 15.9 Å². The van der Waals surface area contributed by atoms with Crippen molar-refractivity contribution < 1.29 is 22.8 Å². The van der Waals surface area contributed by atoms with E-state index in [4.69, 9.17) is 13.5 Å². The predicted molar refractivity (Wildman–Crippen MR) is 74.6 cm³/mol. The molecular formula is C11H25O5PSi. The number of hydrogen-bond donors (Lipinski definition) is 0. The van der Waals surface area contributed by atoms with E-state index in [0.717, 1.165) is 0 Å². The van der Waals surface area contributed by atoms with Crippen LogP contribution in [-0.4, -0.2) is 41.1 Å². The Morgan fingerprint density at radius 2 is 1.61 bits per heavy atom. The van der Waals surface area contributed by atoms with Crippen molar-refractivity contribution in [3.8, 4) is 0 Å². The number of rotatable bonds is 7. The van der Waals surface area contributed by atoms with Gasteiger partial charge in [-0.3, -0.25) is 9.36 Å². The Morgan fingerprint density at radius 3 is 1.94 bits per heavy atom. The van der Waals surface area contributed by atoms with Gasteiger partial charge in [-0.1, -0.05) is 20.8 Å². The van der Waals surface area contributed by atoms with Gasteiger partial charge in [0.05, 0.1) is 6.61 Å². The summed E-state index contributed by atoms with van der Waals surface area (Å²) < 4.78 is 27.0. The molecule has 0 aliphatic rings. The number of carbonyl (C=O) groups is 1. The van der Waals surface area contributed by atoms with Gasteiger partial charge in [0, 0.05) is 14.2 Å². The van der Waals surface area contributed by atoms with E-state index in [-0.39, 0.29) is 23.6 Å². The second-order valence-electron chi connectivity index (χ2n) is 5.72. The summed E-state index contributed by atoms with van der Waals surface area (Å²) in [5.74, 6) is -0.258. The van der Waals surface area contributed by atoms with Crippen molar-refractivity contribution in [1.29, 1.82) is 0 Å². The number of ketones is 1. The molecule has 0 atom stereocenters. The lowest BCUT2D eigenvalue weighted by atomic mass is 10.2. The van der Waals surface area contributed by atoms with Crippen LogP contribution in [0.5, 0.6) is 0 Å². The summed E-state index contributed by atoms with van der Waals surface area (Å²) in [6, 6.07) is 0. The third-order valence-corrected chi connectivity index (χ3v) is 9.66. The number of hydrogen-bond acceptors (Lipinski definition) is 5. The quantitative estimate of drug-likeness (QED) is 0.533. The molecule has 0 amide bonds. The van der Waals surface area contributed by atoms with Crippen LogP contribution < -0.4 is 0 Å². The molecule has 5 nitrogen and oxygen atoms in total. The first-order valence-electron chi connectivity index (χ1n) is 5.83. The number of Topliss-reactive ketones (excluding diaryl/α,β-unsaturated/α-hetero) is 1. The minimum absolute atomic E-state index is 0.0345. The van der Waals surface area contributed by atoms with Gasteiger partial charge in [-0.05, 0) is 18.1 Å². The van der Waals surface area contributed by atoms with E-state index in [9.17, 15) is 9.36 Å². The van der Waals surface area contributed by atoms with E-state index in [1.807, 2.05) is 0 Å². The van der Waals surface area contributed by atoms with E-state index in [0.29, 0.717) is 0 Å². The Labute approximate surface area is 111 Å². The van der Waals surface area contributed by atoms with Crippen molar-refractivity contribution in [2.75, 3.05) is 27.0 Å². The Hall–Kier alpha value is -0.00312. The third kappa shape index (κ3) is 5.32. The lowest BCUT2D eigenvalue weighted by molar-refractivity contribution is -0.119. The van der Waals surface area contributed by atoms with Crippen molar-refractivity contribution in [2.45, 2.75) is 38.9 Å². The molecule has 0 aliphatic heterocycles. The van der Waals surface area contributed by atoms with Gasteiger partial charge in [-0.15, -0.1) is 0 Å². The predicted octanol–water partition coefficient (Wildman–Crippen LogP) is 3.06. The van der Waals surface area contributed by atoms with Gasteiger partial charge in [0.15, 0.2) is 14.1 Å². The Morgan fingerprint density at radius 1 is 1.17 bits per heavy atom. The van der Waals surface area contributed by atoms with Crippen molar-refractivity contribution >= 4 is 21.7 Å². The van der Waals surface area contributed by atoms with Crippen LogP contribution in [-0.2, 0) is 22.8 Å². The lowest BCUT2D eigenvalue weighted by Gasteiger charge is -2.35. The summed E-state index contributed by atoms with van der Waals surface area (Å²) in [5, 5.41) is 0.0412. The first kappa shape index (κ1) is 18.0. The van der Waals surface area contributed by atoms with Gasteiger partial charge < -0.3 is 13.5 Å². The highest BCUT2D eigenvalue weighted by Crippen LogP contribution is 2.46. The molecule has 0 N–H and O–H groups in total. The zero-order chi connectivity index (χ0) is 14.6. The fraction of sp³-hybridized carbons (Fsp3) is 0.909. The third-order valence-electron chi connectivity index (χ3n) is 3.33. The molecule has 108 valence electrons. The van der Waals surface area contributed by atoms with Crippen LogP contribution in [0.25, 0.3) is 0 Å². The summed E-state index contributed by atoms with van der Waals surface area (Å²) in [7, 11) is -2.69. The first-order valence-corrected chi connectivity index (χ1v) is 10.5. The van der Waals surface area contributed by atoms with E-state index in [2.05, 4.69) is 33.9 Å². The zero-order valence-electron chi connectivity index (χ0n) is 12.4. The largest absolute Gasteiger partial charge is 0.410 e. The van der Waals surface area contributed by atoms with Gasteiger partial charge in [0.2, 0.25) is 0 Å². The average molecular weight is 296 g/mol. The summed E-state index contributed by atoms with van der Waals surface area (Å²) in [4.78, 5) is 11.7. The smallest absolute Gasteiger partial charge is 0.337 e. The molecule has 0 aromatic carbocycles. The fourth-order valence-corrected chi connectivity index (χ4v) is 2.83. The minimum Gasteiger partial charge on any atom is -0.410 e. The highest BCUT2D eigenvalue weighted by molar-refractivity contribution is 7.54. The van der Waals surface area contributed by atoms with Gasteiger partial charge in [0.1, 0.15) is 6.16 Å². The molecule has 0 rings (SSSR count). The molecule has 0 fully saturated rings. The van der Waals surface area contributed by atoms with Gasteiger partial charge in [-0.25, -0.2) is 0 Å². The van der Waals surface area contributed by atoms with Crippen LogP contribution in [0.2, 0.25) is 18.1 Å². The molecule has 0 bridgehead atoms. The lowest BCUT2D eigenvalue weighted by Crippen LogP contribution is -2.42. The fourth-order valence-electron chi connectivity index (χ4n) is 0.943. The number of carbonyl (C=O) groups excluding carboxylic acids is 1. The molecule has 0 aromatic heterocycles. The Kier molecular flexibility index (Phi) is 6.43. The normalized spacial score (nSPS) is 13.7. The summed E-state index contributed by atoms with van der Waals surface area (Å²) in [5.41, 5.74) is 0. The highest BCUT2D eigenvalue weighted by atomic mass is 31.2. The summed E-state index contributed by atoms with van der Waals surface area (Å²) in [6.07, 6.45) is -0.241. The molecule has 0 saturated carbocycles. The maximum Gasteiger partial charge on any atom is 0.337 e. The van der Waals surface area contributed by atoms with E-state index in [1.165, 1.54) is 14.2 Å². The molecule has 7 heteroatoms. The molecule has 0 radical (unpaired) electrons. The average Bonchev–Trinajstić information content (AvgIpc) is 2.25. The zero-order valence-corrected chi connectivity index (χ0v) is 14.3. The minimum atomic E-state index is -3.27. The van der Waals surface area contributed by atoms with Crippen LogP contribution in [0.4, 0.5) is 0 Å². The highest BCUT2D eigenvalue weighted by Gasteiger charge is 2.38. The van der Waals surface area contributed by atoms with Gasteiger partial charge in [-0.2, -0.15) is 0 Å². The Bertz CT molecular complexity index is 327. The van der Waals surface area contributed by atoms with Gasteiger partial charge >= 0.3 is 7.60 Å². The van der Waals surface area contributed by atoms with Crippen molar-refractivity contribution in [3.05, 3.63) is 0 Å². The molecule has 18 heavy (non-hydrogen) atoms. The second kappa shape index (κ2) is 6.44. The molecule has 0 unspecified atom stereocenters. The topological polar surface area (TPSA) is 61.8 Å². The van der Waals surface area contributed by atoms with Crippen molar-refractivity contribution in [2.24, 2.45) is 0 Å². The van der Waals surface area contributed by atoms with Crippen LogP contribution in [0, 0.1) is 0 Å². The molecule has 0 aromatic rings. The standard InChI is InChI=1S/C11H25O5PSi/c1-11(2,3)18(6,7)16-8-10(12)9-17(13,14-4)15-5/h8-9H2,1-7H3. The van der Waals surface area contributed by atoms with E-state index >= 15 is 0 Å². The maximum atomic E-state index is 11.8. The summed E-state index contributed by atoms with van der Waals surface area (Å²) in [6.45, 7) is 10.4. The van der Waals surface area contributed by atoms with Crippen LogP contribution in [0.1, 0.15) is 20.8 Å². The van der Waals surface area contributed by atoms with E-state index in [1.54, 1.807) is 0 Å². The second-order valence-corrected chi connectivity index (χ2v) is 12.8. The molecule has 0 aliphatic carbocycles. The Balaban J connectivity index is 4.41. The monoisotopic (exact) mass is 296 g/mol. The van der Waals surface area contributed by atoms with Gasteiger partial charge in [0.25, 0.3) is 0 Å². The van der Waals surface area contributed by atoms with Crippen LogP contribution >= 0.6 is 7.60 Å². The van der Waals surface area contributed by atoms with Crippen LogP contribution in [0.15, 0.2) is 0 Å². The molecular weight excluding hydrogens is 271 g/mol. The first-order chi connectivity index (χ1) is 7.97. The maximum absolute atomic E-state index is 11.8.